The number of amides is 1. The van der Waals surface area contributed by atoms with E-state index in [9.17, 15) is 13.2 Å². The van der Waals surface area contributed by atoms with Crippen LogP contribution in [0.3, 0.4) is 0 Å². The van der Waals surface area contributed by atoms with E-state index in [1.807, 2.05) is 9.80 Å². The molecule has 0 saturated carbocycles. The minimum atomic E-state index is -3.59. The summed E-state index contributed by atoms with van der Waals surface area (Å²) in [6, 6.07) is 4.75. The number of hydrogen-bond acceptors (Lipinski definition) is 6. The Labute approximate surface area is 166 Å². The number of piperazine rings is 1. The highest BCUT2D eigenvalue weighted by Gasteiger charge is 2.31. The Morgan fingerprint density at radius 3 is 2.29 bits per heavy atom. The molecule has 28 heavy (non-hydrogen) atoms. The van der Waals surface area contributed by atoms with E-state index in [-0.39, 0.29) is 10.8 Å². The number of piperidine rings is 1. The van der Waals surface area contributed by atoms with Crippen LogP contribution in [0.15, 0.2) is 23.1 Å². The zero-order valence-electron chi connectivity index (χ0n) is 16.0. The number of nitrogens with zero attached hydrogens (tertiary/aromatic N) is 3. The summed E-state index contributed by atoms with van der Waals surface area (Å²) in [5.74, 6) is 1.20. The van der Waals surface area contributed by atoms with Crippen LogP contribution in [0, 0.1) is 0 Å². The van der Waals surface area contributed by atoms with E-state index in [0.717, 1.165) is 25.9 Å². The van der Waals surface area contributed by atoms with Crippen LogP contribution in [0.4, 0.5) is 0 Å². The van der Waals surface area contributed by atoms with Gasteiger partial charge in [0.15, 0.2) is 11.5 Å². The molecule has 9 heteroatoms. The number of ether oxygens (including phenoxy) is 2. The molecular formula is C19H27N3O5S. The van der Waals surface area contributed by atoms with Gasteiger partial charge in [0.2, 0.25) is 15.9 Å². The van der Waals surface area contributed by atoms with Crippen LogP contribution in [0.1, 0.15) is 19.3 Å². The molecule has 0 bridgehead atoms. The molecule has 0 atom stereocenters. The van der Waals surface area contributed by atoms with E-state index in [1.54, 1.807) is 12.1 Å². The zero-order chi connectivity index (χ0) is 19.6. The maximum atomic E-state index is 13.0. The lowest BCUT2D eigenvalue weighted by atomic mass is 10.1. The van der Waals surface area contributed by atoms with Crippen LogP contribution in [-0.2, 0) is 14.8 Å². The molecule has 3 aliphatic heterocycles. The molecule has 0 spiro atoms. The summed E-state index contributed by atoms with van der Waals surface area (Å²) in [7, 11) is -3.59. The van der Waals surface area contributed by atoms with Crippen molar-refractivity contribution >= 4 is 15.9 Å². The van der Waals surface area contributed by atoms with Gasteiger partial charge >= 0.3 is 0 Å². The lowest BCUT2D eigenvalue weighted by Crippen LogP contribution is -2.51. The maximum absolute atomic E-state index is 13.0. The normalized spacial score (nSPS) is 21.5. The molecule has 3 aliphatic rings. The molecule has 1 aromatic carbocycles. The Hall–Kier alpha value is -1.84. The van der Waals surface area contributed by atoms with Crippen LogP contribution in [0.5, 0.6) is 11.5 Å². The third-order valence-electron chi connectivity index (χ3n) is 5.55. The van der Waals surface area contributed by atoms with Gasteiger partial charge in [0, 0.05) is 45.3 Å². The summed E-state index contributed by atoms with van der Waals surface area (Å²) in [4.78, 5) is 16.6. The fourth-order valence-corrected chi connectivity index (χ4v) is 5.33. The van der Waals surface area contributed by atoms with E-state index in [1.165, 1.54) is 16.8 Å². The number of sulfonamides is 1. The zero-order valence-corrected chi connectivity index (χ0v) is 16.8. The van der Waals surface area contributed by atoms with E-state index < -0.39 is 10.0 Å². The quantitative estimate of drug-likeness (QED) is 0.731. The number of carbonyl (C=O) groups excluding carboxylic acids is 1. The number of likely N-dealkylation sites (tertiary alicyclic amines) is 1. The van der Waals surface area contributed by atoms with Crippen molar-refractivity contribution in [3.05, 3.63) is 18.2 Å². The van der Waals surface area contributed by atoms with Gasteiger partial charge in [-0.25, -0.2) is 8.42 Å². The van der Waals surface area contributed by atoms with Gasteiger partial charge in [-0.05, 0) is 31.4 Å². The van der Waals surface area contributed by atoms with E-state index >= 15 is 0 Å². The van der Waals surface area contributed by atoms with E-state index in [4.69, 9.17) is 9.47 Å². The summed E-state index contributed by atoms with van der Waals surface area (Å²) in [6.45, 7) is 4.82. The Morgan fingerprint density at radius 2 is 1.57 bits per heavy atom. The van der Waals surface area contributed by atoms with Crippen LogP contribution >= 0.6 is 0 Å². The van der Waals surface area contributed by atoms with Crippen molar-refractivity contribution in [2.75, 3.05) is 59.0 Å². The topological polar surface area (TPSA) is 79.4 Å². The molecular weight excluding hydrogens is 382 g/mol. The first kappa shape index (κ1) is 19.5. The Morgan fingerprint density at radius 1 is 0.893 bits per heavy atom. The summed E-state index contributed by atoms with van der Waals surface area (Å²) < 4.78 is 38.4. The molecule has 8 nitrogen and oxygen atoms in total. The largest absolute Gasteiger partial charge is 0.486 e. The third kappa shape index (κ3) is 4.11. The maximum Gasteiger partial charge on any atom is 0.243 e. The second-order valence-electron chi connectivity index (χ2n) is 7.43. The average molecular weight is 410 g/mol. The molecule has 2 saturated heterocycles. The number of fused-ring (bicyclic) bond motifs is 1. The van der Waals surface area contributed by atoms with Gasteiger partial charge in [-0.3, -0.25) is 9.69 Å². The highest BCUT2D eigenvalue weighted by atomic mass is 32.2. The van der Waals surface area contributed by atoms with Gasteiger partial charge in [-0.2, -0.15) is 4.31 Å². The fourth-order valence-electron chi connectivity index (χ4n) is 3.90. The first-order valence-electron chi connectivity index (χ1n) is 9.94. The summed E-state index contributed by atoms with van der Waals surface area (Å²) >= 11 is 0. The van der Waals surface area contributed by atoms with Gasteiger partial charge in [0.1, 0.15) is 13.2 Å². The highest BCUT2D eigenvalue weighted by Crippen LogP contribution is 2.33. The minimum Gasteiger partial charge on any atom is -0.486 e. The molecule has 3 heterocycles. The lowest BCUT2D eigenvalue weighted by molar-refractivity contribution is -0.133. The Kier molecular flexibility index (Phi) is 5.75. The van der Waals surface area contributed by atoms with Crippen molar-refractivity contribution in [2.45, 2.75) is 24.2 Å². The first-order chi connectivity index (χ1) is 13.5. The number of hydrogen-bond donors (Lipinski definition) is 0. The molecule has 1 aromatic rings. The molecule has 0 N–H and O–H groups in total. The second-order valence-corrected chi connectivity index (χ2v) is 9.37. The van der Waals surface area contributed by atoms with E-state index in [0.29, 0.717) is 57.4 Å². The van der Waals surface area contributed by atoms with Gasteiger partial charge in [-0.1, -0.05) is 0 Å². The lowest BCUT2D eigenvalue weighted by Gasteiger charge is -2.35. The van der Waals surface area contributed by atoms with Gasteiger partial charge in [0.25, 0.3) is 0 Å². The predicted octanol–water partition coefficient (Wildman–Crippen LogP) is 0.777. The van der Waals surface area contributed by atoms with Gasteiger partial charge in [-0.15, -0.1) is 0 Å². The second kappa shape index (κ2) is 8.26. The number of carbonyl (C=O) groups is 1. The van der Waals surface area contributed by atoms with Crippen LogP contribution in [-0.4, -0.2) is 87.5 Å². The molecule has 154 valence electrons. The van der Waals surface area contributed by atoms with Crippen molar-refractivity contribution in [3.8, 4) is 11.5 Å². The van der Waals surface area contributed by atoms with E-state index in [2.05, 4.69) is 0 Å². The number of rotatable bonds is 4. The third-order valence-corrected chi connectivity index (χ3v) is 7.44. The van der Waals surface area contributed by atoms with Gasteiger partial charge in [0.05, 0.1) is 11.4 Å². The van der Waals surface area contributed by atoms with Crippen molar-refractivity contribution in [2.24, 2.45) is 0 Å². The standard InChI is InChI=1S/C19H27N3O5S/c23-19(21-6-2-1-3-7-21)15-20-8-10-22(11-9-20)28(24,25)16-4-5-17-18(14-16)27-13-12-26-17/h4-5,14H,1-3,6-13,15H2. The van der Waals surface area contributed by atoms with Crippen molar-refractivity contribution in [1.82, 2.24) is 14.1 Å². The highest BCUT2D eigenvalue weighted by molar-refractivity contribution is 7.89. The average Bonchev–Trinajstić information content (AvgIpc) is 2.74. The Balaban J connectivity index is 1.35. The SMILES string of the molecule is O=C(CN1CCN(S(=O)(=O)c2ccc3c(c2)OCCO3)CC1)N1CCCCC1. The van der Waals surface area contributed by atoms with Crippen molar-refractivity contribution in [1.29, 1.82) is 0 Å². The van der Waals surface area contributed by atoms with Crippen LogP contribution < -0.4 is 9.47 Å². The molecule has 4 rings (SSSR count). The molecule has 0 aromatic heterocycles. The molecule has 0 radical (unpaired) electrons. The molecule has 2 fully saturated rings. The minimum absolute atomic E-state index is 0.155. The number of benzene rings is 1. The summed E-state index contributed by atoms with van der Waals surface area (Å²) in [5.41, 5.74) is 0. The van der Waals surface area contributed by atoms with Crippen molar-refractivity contribution < 1.29 is 22.7 Å². The van der Waals surface area contributed by atoms with Crippen molar-refractivity contribution in [3.63, 3.8) is 0 Å². The monoisotopic (exact) mass is 409 g/mol. The summed E-state index contributed by atoms with van der Waals surface area (Å²) in [6.07, 6.45) is 3.35. The summed E-state index contributed by atoms with van der Waals surface area (Å²) in [5, 5.41) is 0. The van der Waals surface area contributed by atoms with Gasteiger partial charge < -0.3 is 14.4 Å². The molecule has 0 aliphatic carbocycles. The fraction of sp³-hybridized carbons (Fsp3) is 0.632. The first-order valence-corrected chi connectivity index (χ1v) is 11.4. The molecule has 1 amide bonds. The Bertz CT molecular complexity index is 815. The van der Waals surface area contributed by atoms with Crippen LogP contribution in [0.2, 0.25) is 0 Å². The van der Waals surface area contributed by atoms with Crippen LogP contribution in [0.25, 0.3) is 0 Å². The predicted molar refractivity (Wildman–Crippen MR) is 103 cm³/mol. The smallest absolute Gasteiger partial charge is 0.243 e. The molecule has 0 unspecified atom stereocenters.